The summed E-state index contributed by atoms with van der Waals surface area (Å²) in [5, 5.41) is 39.8. The summed E-state index contributed by atoms with van der Waals surface area (Å²) >= 11 is 0. The smallest absolute Gasteiger partial charge is 0.871 e. The molecular formula is C42H52N2O4Zr. The molecule has 2 heterocycles. The standard InChI is InChI=1S/2C20H23NO.2CH4O.Zr/c2*1-11-12(2)18(20(5,6)13(11)3)16-10-15-8-7-9-17(22)19(15)21-14(16)4;2*1-2;/h2*7-10,22H,1-6H3;2*2H,1H3;/q;;;;+2/p-2. The molecule has 2 N–H and O–H groups in total. The monoisotopic (exact) mass is 738 g/mol. The molecule has 0 bridgehead atoms. The number of aryl methyl sites for hydroxylation is 2. The fourth-order valence-electron chi connectivity index (χ4n) is 7.30. The van der Waals surface area contributed by atoms with Crippen molar-refractivity contribution in [1.29, 1.82) is 0 Å². The molecule has 0 radical (unpaired) electrons. The van der Waals surface area contributed by atoms with E-state index in [4.69, 9.17) is 10.2 Å². The van der Waals surface area contributed by atoms with Crippen molar-refractivity contribution in [2.75, 3.05) is 14.2 Å². The molecule has 0 fully saturated rings. The maximum Gasteiger partial charge on any atom is 2.00 e. The molecule has 2 aliphatic rings. The summed E-state index contributed by atoms with van der Waals surface area (Å²) in [5.74, 6) is -0.0111. The summed E-state index contributed by atoms with van der Waals surface area (Å²) in [5.41, 5.74) is 16.3. The minimum Gasteiger partial charge on any atom is -0.871 e. The molecule has 4 aromatic rings. The van der Waals surface area contributed by atoms with Gasteiger partial charge in [-0.2, -0.15) is 0 Å². The van der Waals surface area contributed by atoms with Crippen LogP contribution in [0.4, 0.5) is 0 Å². The van der Waals surface area contributed by atoms with E-state index in [1.807, 2.05) is 26.0 Å². The molecule has 6 nitrogen and oxygen atoms in total. The normalized spacial score (nSPS) is 16.2. The molecular weight excluding hydrogens is 688 g/mol. The number of rotatable bonds is 2. The van der Waals surface area contributed by atoms with E-state index in [2.05, 4.69) is 91.3 Å². The van der Waals surface area contributed by atoms with Crippen LogP contribution in [0.3, 0.4) is 0 Å². The number of aromatic nitrogens is 2. The van der Waals surface area contributed by atoms with Crippen LogP contribution in [0.15, 0.2) is 82.0 Å². The fraction of sp³-hybridized carbons (Fsp3) is 0.381. The number of allylic oxidation sites excluding steroid dienone is 8. The first-order valence-electron chi connectivity index (χ1n) is 16.3. The summed E-state index contributed by atoms with van der Waals surface area (Å²) in [7, 11) is 2.00. The van der Waals surface area contributed by atoms with Gasteiger partial charge >= 0.3 is 26.2 Å². The Hall–Kier alpha value is -3.38. The van der Waals surface area contributed by atoms with Gasteiger partial charge < -0.3 is 20.4 Å². The third-order valence-electron chi connectivity index (χ3n) is 10.7. The number of benzene rings is 2. The third-order valence-corrected chi connectivity index (χ3v) is 10.7. The molecule has 258 valence electrons. The zero-order valence-corrected chi connectivity index (χ0v) is 34.2. The van der Waals surface area contributed by atoms with E-state index in [1.54, 1.807) is 24.3 Å². The Balaban J connectivity index is 0.000000303. The van der Waals surface area contributed by atoms with Crippen LogP contribution >= 0.6 is 0 Å². The van der Waals surface area contributed by atoms with Gasteiger partial charge in [-0.15, -0.1) is 0 Å². The first-order valence-corrected chi connectivity index (χ1v) is 16.3. The number of para-hydroxylation sites is 2. The van der Waals surface area contributed by atoms with Crippen molar-refractivity contribution in [2.45, 2.75) is 83.1 Å². The summed E-state index contributed by atoms with van der Waals surface area (Å²) in [6.07, 6.45) is 0. The topological polar surface area (TPSA) is 112 Å². The average Bonchev–Trinajstić information content (AvgIpc) is 3.31. The fourth-order valence-corrected chi connectivity index (χ4v) is 7.30. The van der Waals surface area contributed by atoms with E-state index in [1.165, 1.54) is 44.6 Å². The van der Waals surface area contributed by atoms with E-state index in [0.29, 0.717) is 11.0 Å². The van der Waals surface area contributed by atoms with Crippen molar-refractivity contribution in [3.05, 3.63) is 104 Å². The van der Waals surface area contributed by atoms with Crippen molar-refractivity contribution in [3.8, 4) is 11.5 Å². The van der Waals surface area contributed by atoms with Crippen molar-refractivity contribution in [3.63, 3.8) is 0 Å². The van der Waals surface area contributed by atoms with Gasteiger partial charge in [-0.3, -0.25) is 9.97 Å². The van der Waals surface area contributed by atoms with Gasteiger partial charge in [0.2, 0.25) is 0 Å². The Labute approximate surface area is 312 Å². The number of aliphatic hydroxyl groups is 2. The predicted octanol–water partition coefficient (Wildman–Crippen LogP) is 8.75. The Morgan fingerprint density at radius 3 is 1.08 bits per heavy atom. The van der Waals surface area contributed by atoms with Gasteiger partial charge in [0.1, 0.15) is 0 Å². The first kappa shape index (κ1) is 41.8. The minimum atomic E-state index is -0.00554. The maximum atomic E-state index is 12.0. The van der Waals surface area contributed by atoms with Gasteiger partial charge in [0, 0.05) is 58.3 Å². The molecule has 0 saturated heterocycles. The summed E-state index contributed by atoms with van der Waals surface area (Å²) in [6, 6.07) is 15.0. The van der Waals surface area contributed by atoms with Gasteiger partial charge in [-0.05, 0) is 101 Å². The number of aliphatic hydroxyl groups excluding tert-OH is 2. The minimum absolute atomic E-state index is 0. The van der Waals surface area contributed by atoms with Gasteiger partial charge in [0.05, 0.1) is 11.0 Å². The molecule has 2 aliphatic carbocycles. The molecule has 0 unspecified atom stereocenters. The predicted molar refractivity (Wildman–Crippen MR) is 198 cm³/mol. The Bertz CT molecular complexity index is 1870. The van der Waals surface area contributed by atoms with Gasteiger partial charge in [-0.1, -0.05) is 86.7 Å². The van der Waals surface area contributed by atoms with Gasteiger partial charge in [0.15, 0.2) is 0 Å². The van der Waals surface area contributed by atoms with E-state index in [-0.39, 0.29) is 48.5 Å². The molecule has 6 rings (SSSR count). The van der Waals surface area contributed by atoms with Gasteiger partial charge in [-0.25, -0.2) is 0 Å². The van der Waals surface area contributed by atoms with Crippen LogP contribution < -0.4 is 10.2 Å². The number of nitrogens with zero attached hydrogens (tertiary/aromatic N) is 2. The Morgan fingerprint density at radius 2 is 0.816 bits per heavy atom. The van der Waals surface area contributed by atoms with Crippen molar-refractivity contribution in [2.24, 2.45) is 10.8 Å². The van der Waals surface area contributed by atoms with Crippen LogP contribution in [0, 0.1) is 24.7 Å². The number of fused-ring (bicyclic) bond motifs is 2. The van der Waals surface area contributed by atoms with Crippen molar-refractivity contribution < 1.29 is 46.6 Å². The SMILES string of the molecule is CC1=C(C)C(C)(C)C(c2cc3cccc([O-])c3nc2C)=C1C.CC1=C(C)C(C)(C)C(c2cc3cccc([O-])c3nc2C)=C1C.CO.CO.[Zr+2]. The molecule has 0 amide bonds. The Kier molecular flexibility index (Phi) is 13.7. The number of pyridine rings is 2. The van der Waals surface area contributed by atoms with E-state index in [9.17, 15) is 10.2 Å². The van der Waals surface area contributed by atoms with E-state index in [0.717, 1.165) is 47.5 Å². The molecule has 7 heteroatoms. The molecule has 2 aromatic heterocycles. The third kappa shape index (κ3) is 7.41. The van der Waals surface area contributed by atoms with Crippen LogP contribution in [0.2, 0.25) is 0 Å². The summed E-state index contributed by atoms with van der Waals surface area (Å²) in [4.78, 5) is 9.21. The molecule has 0 spiro atoms. The molecule has 0 atom stereocenters. The number of hydrogen-bond acceptors (Lipinski definition) is 6. The van der Waals surface area contributed by atoms with Crippen LogP contribution in [0.5, 0.6) is 11.5 Å². The van der Waals surface area contributed by atoms with Crippen LogP contribution in [-0.2, 0) is 26.2 Å². The zero-order valence-electron chi connectivity index (χ0n) is 31.7. The summed E-state index contributed by atoms with van der Waals surface area (Å²) < 4.78 is 0. The second kappa shape index (κ2) is 16.1. The average molecular weight is 740 g/mol. The molecule has 0 aliphatic heterocycles. The Morgan fingerprint density at radius 1 is 0.510 bits per heavy atom. The maximum absolute atomic E-state index is 12.0. The number of hydrogen-bond donors (Lipinski definition) is 2. The second-order valence-corrected chi connectivity index (χ2v) is 13.6. The molecule has 0 saturated carbocycles. The quantitative estimate of drug-likeness (QED) is 0.213. The molecule has 2 aromatic carbocycles. The first-order chi connectivity index (χ1) is 22.5. The zero-order chi connectivity index (χ0) is 36.5. The van der Waals surface area contributed by atoms with E-state index < -0.39 is 0 Å². The summed E-state index contributed by atoms with van der Waals surface area (Å²) in [6.45, 7) is 26.3. The van der Waals surface area contributed by atoms with Crippen LogP contribution in [-0.4, -0.2) is 34.4 Å². The van der Waals surface area contributed by atoms with Gasteiger partial charge in [0.25, 0.3) is 0 Å². The van der Waals surface area contributed by atoms with Crippen molar-refractivity contribution >= 4 is 33.0 Å². The van der Waals surface area contributed by atoms with E-state index >= 15 is 0 Å². The van der Waals surface area contributed by atoms with Crippen molar-refractivity contribution in [1.82, 2.24) is 9.97 Å². The van der Waals surface area contributed by atoms with Crippen LogP contribution in [0.25, 0.3) is 33.0 Å². The molecule has 49 heavy (non-hydrogen) atoms. The second-order valence-electron chi connectivity index (χ2n) is 13.6. The van der Waals surface area contributed by atoms with Crippen LogP contribution in [0.1, 0.15) is 91.8 Å². The largest absolute Gasteiger partial charge is 2.00 e.